The van der Waals surface area contributed by atoms with Crippen LogP contribution < -0.4 is 5.73 Å². The number of nitrogens with zero attached hydrogens (tertiary/aromatic N) is 1. The number of fused-ring (bicyclic) bond motifs is 3. The van der Waals surface area contributed by atoms with E-state index in [0.717, 1.165) is 12.2 Å². The van der Waals surface area contributed by atoms with Gasteiger partial charge in [0.1, 0.15) is 5.69 Å². The van der Waals surface area contributed by atoms with Crippen LogP contribution in [0.4, 0.5) is 5.69 Å². The molecule has 0 aliphatic heterocycles. The lowest BCUT2D eigenvalue weighted by atomic mass is 10.1. The second-order valence-corrected chi connectivity index (χ2v) is 4.11. The Morgan fingerprint density at radius 3 is 2.56 bits per heavy atom. The summed E-state index contributed by atoms with van der Waals surface area (Å²) in [6.07, 6.45) is 0. The van der Waals surface area contributed by atoms with Crippen LogP contribution >= 0.6 is 0 Å². The molecule has 0 radical (unpaired) electrons. The smallest absolute Gasteiger partial charge is 0.128 e. The molecule has 0 saturated carbocycles. The first kappa shape index (κ1) is 9.43. The van der Waals surface area contributed by atoms with Gasteiger partial charge in [0.25, 0.3) is 0 Å². The highest BCUT2D eigenvalue weighted by Gasteiger charge is 2.09. The number of aromatic nitrogens is 1. The van der Waals surface area contributed by atoms with Gasteiger partial charge in [-0.05, 0) is 19.1 Å². The zero-order chi connectivity index (χ0) is 11.1. The first-order valence-electron chi connectivity index (χ1n) is 5.64. The Bertz CT molecular complexity index is 665. The van der Waals surface area contributed by atoms with Gasteiger partial charge < -0.3 is 10.3 Å². The van der Waals surface area contributed by atoms with Gasteiger partial charge in [-0.25, -0.2) is 0 Å². The molecule has 2 aromatic carbocycles. The highest BCUT2D eigenvalue weighted by molar-refractivity contribution is 6.08. The quantitative estimate of drug-likeness (QED) is 0.642. The maximum Gasteiger partial charge on any atom is 0.128 e. The molecule has 0 saturated heterocycles. The van der Waals surface area contributed by atoms with E-state index in [0.29, 0.717) is 0 Å². The Kier molecular flexibility index (Phi) is 1.98. The van der Waals surface area contributed by atoms with E-state index in [1.807, 2.05) is 0 Å². The third-order valence-electron chi connectivity index (χ3n) is 3.15. The third-order valence-corrected chi connectivity index (χ3v) is 3.15. The summed E-state index contributed by atoms with van der Waals surface area (Å²) >= 11 is 0. The molecule has 3 N–H and O–H groups in total. The molecule has 3 aromatic rings. The fraction of sp³-hybridized carbons (Fsp3) is 0.143. The molecule has 1 aromatic heterocycles. The summed E-state index contributed by atoms with van der Waals surface area (Å²) in [5.41, 5.74) is 7.69. The Hall–Kier alpha value is -1.80. The third kappa shape index (κ3) is 1.17. The van der Waals surface area contributed by atoms with Crippen LogP contribution in [0.3, 0.4) is 0 Å². The van der Waals surface area contributed by atoms with Crippen LogP contribution in [0.5, 0.6) is 0 Å². The van der Waals surface area contributed by atoms with E-state index in [2.05, 4.69) is 59.7 Å². The highest BCUT2D eigenvalue weighted by Crippen LogP contribution is 2.29. The SMILES string of the molecule is CCn1c2ccccc2c2cc([NH3+])ccc21. The summed E-state index contributed by atoms with van der Waals surface area (Å²) in [7, 11) is 0. The lowest BCUT2D eigenvalue weighted by molar-refractivity contribution is -0.254. The van der Waals surface area contributed by atoms with Crippen molar-refractivity contribution >= 4 is 27.5 Å². The van der Waals surface area contributed by atoms with Crippen molar-refractivity contribution in [3.8, 4) is 0 Å². The van der Waals surface area contributed by atoms with Crippen LogP contribution in [0.2, 0.25) is 0 Å². The zero-order valence-corrected chi connectivity index (χ0v) is 9.40. The molecular weight excluding hydrogens is 196 g/mol. The first-order chi connectivity index (χ1) is 7.81. The van der Waals surface area contributed by atoms with Gasteiger partial charge in [0.05, 0.1) is 0 Å². The van der Waals surface area contributed by atoms with Crippen molar-refractivity contribution in [3.63, 3.8) is 0 Å². The molecular formula is C14H15N2+. The van der Waals surface area contributed by atoms with E-state index in [9.17, 15) is 0 Å². The molecule has 16 heavy (non-hydrogen) atoms. The fourth-order valence-corrected chi connectivity index (χ4v) is 2.44. The summed E-state index contributed by atoms with van der Waals surface area (Å²) in [5, 5.41) is 2.63. The van der Waals surface area contributed by atoms with Crippen LogP contribution in [0, 0.1) is 0 Å². The largest absolute Gasteiger partial charge is 0.341 e. The van der Waals surface area contributed by atoms with E-state index in [1.165, 1.54) is 21.8 Å². The maximum atomic E-state index is 4.00. The van der Waals surface area contributed by atoms with Gasteiger partial charge >= 0.3 is 0 Å². The number of rotatable bonds is 1. The highest BCUT2D eigenvalue weighted by atomic mass is 15.0. The minimum atomic E-state index is 1.00. The average Bonchev–Trinajstić information content (AvgIpc) is 2.62. The summed E-state index contributed by atoms with van der Waals surface area (Å²) in [6, 6.07) is 15.0. The number of benzene rings is 2. The number of hydrogen-bond acceptors (Lipinski definition) is 0. The van der Waals surface area contributed by atoms with E-state index in [-0.39, 0.29) is 0 Å². The van der Waals surface area contributed by atoms with Gasteiger partial charge in [-0.3, -0.25) is 0 Å². The predicted octanol–water partition coefficient (Wildman–Crippen LogP) is 2.69. The second kappa shape index (κ2) is 3.35. The molecule has 0 atom stereocenters. The minimum Gasteiger partial charge on any atom is -0.341 e. The second-order valence-electron chi connectivity index (χ2n) is 4.11. The van der Waals surface area contributed by atoms with Crippen LogP contribution in [-0.2, 0) is 6.54 Å². The normalized spacial score (nSPS) is 11.4. The van der Waals surface area contributed by atoms with Crippen LogP contribution in [-0.4, -0.2) is 4.57 Å². The number of para-hydroxylation sites is 1. The molecule has 1 heterocycles. The van der Waals surface area contributed by atoms with Crippen molar-refractivity contribution < 1.29 is 5.73 Å². The predicted molar refractivity (Wildman–Crippen MR) is 67.7 cm³/mol. The van der Waals surface area contributed by atoms with Crippen LogP contribution in [0.25, 0.3) is 21.8 Å². The molecule has 3 rings (SSSR count). The number of aryl methyl sites for hydroxylation is 1. The lowest BCUT2D eigenvalue weighted by Gasteiger charge is -2.01. The Balaban J connectivity index is 2.59. The van der Waals surface area contributed by atoms with E-state index < -0.39 is 0 Å². The van der Waals surface area contributed by atoms with Crippen molar-refractivity contribution in [2.45, 2.75) is 13.5 Å². The molecule has 0 fully saturated rings. The minimum absolute atomic E-state index is 1.00. The van der Waals surface area contributed by atoms with Crippen molar-refractivity contribution in [2.75, 3.05) is 0 Å². The fourth-order valence-electron chi connectivity index (χ4n) is 2.44. The number of quaternary nitrogens is 1. The summed E-state index contributed by atoms with van der Waals surface area (Å²) in [6.45, 7) is 3.19. The molecule has 0 aliphatic carbocycles. The van der Waals surface area contributed by atoms with Crippen LogP contribution in [0.1, 0.15) is 6.92 Å². The molecule has 2 nitrogen and oxygen atoms in total. The molecule has 80 valence electrons. The van der Waals surface area contributed by atoms with Crippen molar-refractivity contribution in [2.24, 2.45) is 0 Å². The summed E-state index contributed by atoms with van der Waals surface area (Å²) in [4.78, 5) is 0. The molecule has 0 spiro atoms. The molecule has 2 heteroatoms. The molecule has 0 unspecified atom stereocenters. The maximum absolute atomic E-state index is 4.00. The monoisotopic (exact) mass is 211 g/mol. The van der Waals surface area contributed by atoms with E-state index >= 15 is 0 Å². The molecule has 0 aliphatic rings. The van der Waals surface area contributed by atoms with Crippen molar-refractivity contribution in [1.29, 1.82) is 0 Å². The summed E-state index contributed by atoms with van der Waals surface area (Å²) < 4.78 is 2.35. The van der Waals surface area contributed by atoms with Gasteiger partial charge in [0.15, 0.2) is 0 Å². The Morgan fingerprint density at radius 2 is 1.75 bits per heavy atom. The van der Waals surface area contributed by atoms with Crippen LogP contribution in [0.15, 0.2) is 42.5 Å². The van der Waals surface area contributed by atoms with Gasteiger partial charge in [0, 0.05) is 40.5 Å². The van der Waals surface area contributed by atoms with Crippen molar-refractivity contribution in [3.05, 3.63) is 42.5 Å². The molecule has 0 amide bonds. The first-order valence-corrected chi connectivity index (χ1v) is 5.64. The average molecular weight is 211 g/mol. The zero-order valence-electron chi connectivity index (χ0n) is 9.40. The topological polar surface area (TPSA) is 32.6 Å². The van der Waals surface area contributed by atoms with Gasteiger partial charge in [-0.2, -0.15) is 0 Å². The van der Waals surface area contributed by atoms with Gasteiger partial charge in [0.2, 0.25) is 0 Å². The Morgan fingerprint density at radius 1 is 1.00 bits per heavy atom. The van der Waals surface area contributed by atoms with Gasteiger partial charge in [-0.1, -0.05) is 18.2 Å². The van der Waals surface area contributed by atoms with Gasteiger partial charge in [-0.15, -0.1) is 0 Å². The standard InChI is InChI=1S/C14H14N2/c1-2-16-13-6-4-3-5-11(13)12-9-10(15)7-8-14(12)16/h3-9H,2,15H2,1H3/p+1. The Labute approximate surface area is 94.3 Å². The lowest BCUT2D eigenvalue weighted by Crippen LogP contribution is -2.39. The number of hydrogen-bond donors (Lipinski definition) is 1. The summed E-state index contributed by atoms with van der Waals surface area (Å²) in [5.74, 6) is 0. The van der Waals surface area contributed by atoms with Crippen molar-refractivity contribution in [1.82, 2.24) is 4.57 Å². The molecule has 0 bridgehead atoms. The van der Waals surface area contributed by atoms with E-state index in [4.69, 9.17) is 0 Å². The van der Waals surface area contributed by atoms with E-state index in [1.54, 1.807) is 0 Å².